The number of Topliss-reactive ketones (excluding diaryl/α,β-unsaturated/α-hetero) is 1. The predicted molar refractivity (Wildman–Crippen MR) is 86.7 cm³/mol. The molecule has 0 saturated carbocycles. The van der Waals surface area contributed by atoms with Gasteiger partial charge in [-0.1, -0.05) is 11.8 Å². The van der Waals surface area contributed by atoms with Gasteiger partial charge in [0.1, 0.15) is 17.4 Å². The van der Waals surface area contributed by atoms with Crippen LogP contribution in [0.4, 0.5) is 10.6 Å². The maximum absolute atomic E-state index is 11.9. The number of ketones is 1. The lowest BCUT2D eigenvalue weighted by atomic mass is 10.2. The third-order valence-electron chi connectivity index (χ3n) is 2.83. The Labute approximate surface area is 138 Å². The number of carbonyl (C=O) groups excluding carboxylic acids is 3. The highest BCUT2D eigenvalue weighted by Gasteiger charge is 2.19. The Kier molecular flexibility index (Phi) is 7.46. The second kappa shape index (κ2) is 9.09. The molecular formula is C14H20N4O4S. The number of amides is 1. The number of nitrogens with zero attached hydrogens (tertiary/aromatic N) is 2. The zero-order chi connectivity index (χ0) is 17.4. The summed E-state index contributed by atoms with van der Waals surface area (Å²) < 4.78 is 4.79. The number of anilines is 1. The van der Waals surface area contributed by atoms with Crippen molar-refractivity contribution in [3.05, 3.63) is 17.6 Å². The van der Waals surface area contributed by atoms with E-state index < -0.39 is 11.2 Å². The number of rotatable bonds is 7. The predicted octanol–water partition coefficient (Wildman–Crippen LogP) is 1.22. The molecule has 1 aromatic rings. The summed E-state index contributed by atoms with van der Waals surface area (Å²) in [5.41, 5.74) is 6.34. The minimum atomic E-state index is -0.569. The van der Waals surface area contributed by atoms with E-state index in [-0.39, 0.29) is 30.6 Å². The summed E-state index contributed by atoms with van der Waals surface area (Å²) in [4.78, 5) is 42.2. The van der Waals surface area contributed by atoms with Crippen LogP contribution in [0.25, 0.3) is 0 Å². The summed E-state index contributed by atoms with van der Waals surface area (Å²) in [6.07, 6.45) is 1.83. The summed E-state index contributed by atoms with van der Waals surface area (Å²) in [6.45, 7) is 4.67. The molecule has 126 valence electrons. The van der Waals surface area contributed by atoms with Crippen molar-refractivity contribution < 1.29 is 19.1 Å². The number of esters is 1. The first kappa shape index (κ1) is 18.9. The van der Waals surface area contributed by atoms with Crippen molar-refractivity contribution in [1.29, 1.82) is 0 Å². The van der Waals surface area contributed by atoms with Crippen LogP contribution in [0.1, 0.15) is 31.7 Å². The zero-order valence-electron chi connectivity index (χ0n) is 13.3. The molecule has 1 rings (SSSR count). The number of nitrogen functional groups attached to an aromatic ring is 1. The molecule has 1 heterocycles. The maximum Gasteiger partial charge on any atom is 0.302 e. The summed E-state index contributed by atoms with van der Waals surface area (Å²) in [5.74, 6) is 0.280. The first-order chi connectivity index (χ1) is 10.8. The molecule has 0 fully saturated rings. The van der Waals surface area contributed by atoms with Crippen molar-refractivity contribution in [2.45, 2.75) is 39.0 Å². The Bertz CT molecular complexity index is 594. The average molecular weight is 340 g/mol. The minimum Gasteiger partial charge on any atom is -0.466 e. The molecule has 0 aliphatic rings. The highest BCUT2D eigenvalue weighted by atomic mass is 32.2. The fourth-order valence-corrected chi connectivity index (χ4v) is 2.44. The molecular weight excluding hydrogens is 320 g/mol. The van der Waals surface area contributed by atoms with Gasteiger partial charge in [-0.25, -0.2) is 9.97 Å². The molecule has 9 heteroatoms. The Morgan fingerprint density at radius 1 is 1.39 bits per heavy atom. The molecule has 1 unspecified atom stereocenters. The Hall–Kier alpha value is -2.16. The van der Waals surface area contributed by atoms with Crippen molar-refractivity contribution in [3.63, 3.8) is 0 Å². The summed E-state index contributed by atoms with van der Waals surface area (Å²) in [5, 5.41) is 1.71. The van der Waals surface area contributed by atoms with E-state index in [9.17, 15) is 14.4 Å². The van der Waals surface area contributed by atoms with Crippen LogP contribution in [0, 0.1) is 6.92 Å². The van der Waals surface area contributed by atoms with Crippen LogP contribution in [0.15, 0.2) is 6.20 Å². The van der Waals surface area contributed by atoms with Crippen molar-refractivity contribution in [1.82, 2.24) is 15.3 Å². The minimum absolute atomic E-state index is 0.0958. The van der Waals surface area contributed by atoms with E-state index in [4.69, 9.17) is 10.5 Å². The SMILES string of the molecule is CC(=O)OCCC(SC(=O)NCc1cnc(C)nc1N)C(C)=O. The number of thioether (sulfide) groups is 1. The third kappa shape index (κ3) is 7.09. The Morgan fingerprint density at radius 2 is 2.09 bits per heavy atom. The highest BCUT2D eigenvalue weighted by molar-refractivity contribution is 8.14. The number of aryl methyl sites for hydroxylation is 1. The van der Waals surface area contributed by atoms with Crippen molar-refractivity contribution in [2.75, 3.05) is 12.3 Å². The Morgan fingerprint density at radius 3 is 2.65 bits per heavy atom. The number of hydrogen-bond donors (Lipinski definition) is 2. The lowest BCUT2D eigenvalue weighted by Crippen LogP contribution is -2.25. The van der Waals surface area contributed by atoms with Gasteiger partial charge in [0.2, 0.25) is 0 Å². The van der Waals surface area contributed by atoms with Crippen LogP contribution in [0.5, 0.6) is 0 Å². The van der Waals surface area contributed by atoms with Crippen LogP contribution < -0.4 is 11.1 Å². The zero-order valence-corrected chi connectivity index (χ0v) is 14.1. The fraction of sp³-hybridized carbons (Fsp3) is 0.500. The first-order valence-corrected chi connectivity index (χ1v) is 7.84. The lowest BCUT2D eigenvalue weighted by Gasteiger charge is -2.13. The quantitative estimate of drug-likeness (QED) is 0.710. The van der Waals surface area contributed by atoms with Gasteiger partial charge in [0, 0.05) is 31.6 Å². The maximum atomic E-state index is 11.9. The van der Waals surface area contributed by atoms with Gasteiger partial charge in [-0.3, -0.25) is 14.4 Å². The smallest absolute Gasteiger partial charge is 0.302 e. The van der Waals surface area contributed by atoms with E-state index in [2.05, 4.69) is 15.3 Å². The molecule has 0 radical (unpaired) electrons. The number of hydrogen-bond acceptors (Lipinski definition) is 8. The highest BCUT2D eigenvalue weighted by Crippen LogP contribution is 2.17. The molecule has 23 heavy (non-hydrogen) atoms. The molecule has 3 N–H and O–H groups in total. The van der Waals surface area contributed by atoms with Gasteiger partial charge in [0.05, 0.1) is 11.9 Å². The first-order valence-electron chi connectivity index (χ1n) is 6.96. The number of carbonyl (C=O) groups is 3. The fourth-order valence-electron chi connectivity index (χ4n) is 1.64. The molecule has 0 spiro atoms. The molecule has 0 bridgehead atoms. The van der Waals surface area contributed by atoms with E-state index in [1.54, 1.807) is 13.1 Å². The molecule has 0 aromatic carbocycles. The molecule has 1 amide bonds. The lowest BCUT2D eigenvalue weighted by molar-refractivity contribution is -0.141. The monoisotopic (exact) mass is 340 g/mol. The second-order valence-electron chi connectivity index (χ2n) is 4.81. The summed E-state index contributed by atoms with van der Waals surface area (Å²) in [7, 11) is 0. The van der Waals surface area contributed by atoms with E-state index in [0.29, 0.717) is 17.2 Å². The van der Waals surface area contributed by atoms with E-state index in [1.807, 2.05) is 0 Å². The topological polar surface area (TPSA) is 124 Å². The van der Waals surface area contributed by atoms with Crippen LogP contribution >= 0.6 is 11.8 Å². The summed E-state index contributed by atoms with van der Waals surface area (Å²) >= 11 is 0.860. The van der Waals surface area contributed by atoms with Gasteiger partial charge >= 0.3 is 5.97 Å². The third-order valence-corrected chi connectivity index (χ3v) is 4.04. The van der Waals surface area contributed by atoms with E-state index in [1.165, 1.54) is 13.8 Å². The van der Waals surface area contributed by atoms with Crippen molar-refractivity contribution in [2.24, 2.45) is 0 Å². The number of ether oxygens (including phenoxy) is 1. The van der Waals surface area contributed by atoms with Crippen LogP contribution in [0.2, 0.25) is 0 Å². The number of nitrogens with two attached hydrogens (primary N) is 1. The van der Waals surface area contributed by atoms with Gasteiger partial charge in [-0.05, 0) is 13.8 Å². The second-order valence-corrected chi connectivity index (χ2v) is 5.99. The van der Waals surface area contributed by atoms with Gasteiger partial charge in [-0.15, -0.1) is 0 Å². The van der Waals surface area contributed by atoms with Crippen LogP contribution in [-0.4, -0.2) is 38.8 Å². The van der Waals surface area contributed by atoms with Gasteiger partial charge in [0.25, 0.3) is 5.24 Å². The molecule has 1 atom stereocenters. The van der Waals surface area contributed by atoms with Gasteiger partial charge in [0.15, 0.2) is 0 Å². The molecule has 0 aliphatic heterocycles. The van der Waals surface area contributed by atoms with Crippen LogP contribution in [0.3, 0.4) is 0 Å². The van der Waals surface area contributed by atoms with Gasteiger partial charge < -0.3 is 15.8 Å². The summed E-state index contributed by atoms with van der Waals surface area (Å²) in [6, 6.07) is 0. The largest absolute Gasteiger partial charge is 0.466 e. The molecule has 0 saturated heterocycles. The van der Waals surface area contributed by atoms with Crippen molar-refractivity contribution in [3.8, 4) is 0 Å². The van der Waals surface area contributed by atoms with E-state index in [0.717, 1.165) is 11.8 Å². The molecule has 1 aromatic heterocycles. The van der Waals surface area contributed by atoms with E-state index >= 15 is 0 Å². The normalized spacial score (nSPS) is 11.6. The number of nitrogens with one attached hydrogen (secondary N) is 1. The average Bonchev–Trinajstić information content (AvgIpc) is 2.44. The standard InChI is InChI=1S/C14H20N4O4S/c1-8(19)12(4-5-22-10(3)20)23-14(21)17-7-11-6-16-9(2)18-13(11)15/h6,12H,4-5,7H2,1-3H3,(H,17,21)(H2,15,16,18). The van der Waals surface area contributed by atoms with Gasteiger partial charge in [-0.2, -0.15) is 0 Å². The molecule has 0 aliphatic carbocycles. The van der Waals surface area contributed by atoms with Crippen molar-refractivity contribution >= 4 is 34.6 Å². The molecule has 8 nitrogen and oxygen atoms in total. The Balaban J connectivity index is 2.48. The van der Waals surface area contributed by atoms with Crippen LogP contribution in [-0.2, 0) is 20.9 Å². The number of aromatic nitrogens is 2.